The molecule has 3 nitrogen and oxygen atoms in total. The highest BCUT2D eigenvalue weighted by Crippen LogP contribution is 2.32. The Hall–Kier alpha value is -1.48. The van der Waals surface area contributed by atoms with Gasteiger partial charge in [-0.25, -0.2) is 0 Å². The number of fused-ring (bicyclic) bond motifs is 1. The normalized spacial score (nSPS) is 30.2. The van der Waals surface area contributed by atoms with Crippen LogP contribution in [0.5, 0.6) is 0 Å². The van der Waals surface area contributed by atoms with Gasteiger partial charge in [-0.05, 0) is 6.92 Å². The van der Waals surface area contributed by atoms with Crippen LogP contribution in [0.2, 0.25) is 0 Å². The lowest BCUT2D eigenvalue weighted by atomic mass is 9.73. The van der Waals surface area contributed by atoms with Gasteiger partial charge in [0, 0.05) is 11.1 Å². The van der Waals surface area contributed by atoms with E-state index in [2.05, 4.69) is 0 Å². The Bertz CT molecular complexity index is 446. The predicted molar refractivity (Wildman–Crippen MR) is 54.9 cm³/mol. The Kier molecular flexibility index (Phi) is 2.01. The van der Waals surface area contributed by atoms with Crippen molar-refractivity contribution in [3.63, 3.8) is 0 Å². The van der Waals surface area contributed by atoms with Crippen molar-refractivity contribution in [2.75, 3.05) is 0 Å². The number of rotatable bonds is 0. The predicted octanol–water partition coefficient (Wildman–Crippen LogP) is 1.45. The molecule has 0 bridgehead atoms. The van der Waals surface area contributed by atoms with Gasteiger partial charge in [0.1, 0.15) is 5.60 Å². The van der Waals surface area contributed by atoms with Gasteiger partial charge in [-0.15, -0.1) is 0 Å². The molecule has 78 valence electrons. The molecule has 0 aromatic heterocycles. The zero-order chi connectivity index (χ0) is 11.2. The molecule has 0 saturated heterocycles. The summed E-state index contributed by atoms with van der Waals surface area (Å²) in [6.07, 6.45) is 0. The maximum atomic E-state index is 11.9. The van der Waals surface area contributed by atoms with Gasteiger partial charge in [0.2, 0.25) is 0 Å². The van der Waals surface area contributed by atoms with E-state index in [4.69, 9.17) is 0 Å². The summed E-state index contributed by atoms with van der Waals surface area (Å²) in [7, 11) is 0. The lowest BCUT2D eigenvalue weighted by molar-refractivity contribution is 0.0115. The summed E-state index contributed by atoms with van der Waals surface area (Å²) in [4.78, 5) is 23.8. The molecule has 2 unspecified atom stereocenters. The first-order chi connectivity index (χ1) is 6.96. The van der Waals surface area contributed by atoms with E-state index in [0.717, 1.165) is 0 Å². The molecule has 0 fully saturated rings. The van der Waals surface area contributed by atoms with Crippen molar-refractivity contribution in [1.82, 2.24) is 0 Å². The number of Topliss-reactive ketones (excluding diaryl/α,β-unsaturated/α-hetero) is 2. The van der Waals surface area contributed by atoms with Crippen LogP contribution in [0.3, 0.4) is 0 Å². The fourth-order valence-electron chi connectivity index (χ4n) is 1.85. The smallest absolute Gasteiger partial charge is 0.195 e. The van der Waals surface area contributed by atoms with E-state index in [1.54, 1.807) is 31.2 Å². The maximum absolute atomic E-state index is 11.9. The molecule has 1 aliphatic carbocycles. The number of aliphatic hydroxyl groups is 1. The molecule has 0 saturated carbocycles. The molecule has 1 aromatic carbocycles. The van der Waals surface area contributed by atoms with E-state index in [0.29, 0.717) is 11.1 Å². The first kappa shape index (κ1) is 10.1. The van der Waals surface area contributed by atoms with Crippen LogP contribution >= 0.6 is 0 Å². The van der Waals surface area contributed by atoms with Crippen molar-refractivity contribution in [2.45, 2.75) is 19.4 Å². The summed E-state index contributed by atoms with van der Waals surface area (Å²) in [5, 5.41) is 9.96. The van der Waals surface area contributed by atoms with Gasteiger partial charge in [-0.3, -0.25) is 9.59 Å². The van der Waals surface area contributed by atoms with Crippen LogP contribution < -0.4 is 0 Å². The van der Waals surface area contributed by atoms with Gasteiger partial charge in [-0.2, -0.15) is 0 Å². The Balaban J connectivity index is 2.68. The van der Waals surface area contributed by atoms with Crippen molar-refractivity contribution in [2.24, 2.45) is 5.92 Å². The van der Waals surface area contributed by atoms with Crippen LogP contribution in [0.25, 0.3) is 0 Å². The van der Waals surface area contributed by atoms with E-state index < -0.39 is 11.5 Å². The molecule has 0 spiro atoms. The van der Waals surface area contributed by atoms with Gasteiger partial charge in [-0.1, -0.05) is 31.2 Å². The molecule has 0 amide bonds. The van der Waals surface area contributed by atoms with Crippen LogP contribution in [0.4, 0.5) is 0 Å². The molecule has 2 atom stereocenters. The topological polar surface area (TPSA) is 54.4 Å². The average Bonchev–Trinajstić information content (AvgIpc) is 2.24. The fraction of sp³-hybridized carbons (Fsp3) is 0.333. The van der Waals surface area contributed by atoms with Crippen LogP contribution in [0, 0.1) is 5.92 Å². The third-order valence-corrected chi connectivity index (χ3v) is 3.13. The van der Waals surface area contributed by atoms with Crippen molar-refractivity contribution >= 4 is 11.6 Å². The van der Waals surface area contributed by atoms with Crippen molar-refractivity contribution in [3.05, 3.63) is 35.4 Å². The maximum Gasteiger partial charge on any atom is 0.195 e. The number of benzene rings is 1. The van der Waals surface area contributed by atoms with Gasteiger partial charge in [0.05, 0.1) is 5.92 Å². The van der Waals surface area contributed by atoms with Crippen molar-refractivity contribution < 1.29 is 14.7 Å². The Morgan fingerprint density at radius 2 is 1.73 bits per heavy atom. The average molecular weight is 204 g/mol. The van der Waals surface area contributed by atoms with Crippen LogP contribution in [-0.2, 0) is 0 Å². The second kappa shape index (κ2) is 3.00. The second-order valence-electron chi connectivity index (χ2n) is 4.11. The SMILES string of the molecule is CC1C(=O)c2ccccc2C(=O)C1(C)O. The Labute approximate surface area is 87.7 Å². The van der Waals surface area contributed by atoms with Gasteiger partial charge in [0.25, 0.3) is 0 Å². The molecule has 1 aromatic rings. The van der Waals surface area contributed by atoms with Gasteiger partial charge < -0.3 is 5.11 Å². The number of carbonyl (C=O) groups excluding carboxylic acids is 2. The van der Waals surface area contributed by atoms with E-state index in [1.165, 1.54) is 6.92 Å². The lowest BCUT2D eigenvalue weighted by Crippen LogP contribution is -2.49. The second-order valence-corrected chi connectivity index (χ2v) is 4.11. The highest BCUT2D eigenvalue weighted by atomic mass is 16.3. The Morgan fingerprint density at radius 1 is 1.20 bits per heavy atom. The largest absolute Gasteiger partial charge is 0.381 e. The third-order valence-electron chi connectivity index (χ3n) is 3.13. The Morgan fingerprint density at radius 3 is 2.33 bits per heavy atom. The third kappa shape index (κ3) is 1.23. The van der Waals surface area contributed by atoms with Crippen LogP contribution in [-0.4, -0.2) is 22.3 Å². The summed E-state index contributed by atoms with van der Waals surface area (Å²) >= 11 is 0. The standard InChI is InChI=1S/C12H12O3/c1-7-10(13)8-5-3-4-6-9(8)11(14)12(7,2)15/h3-7,15H,1-2H3. The quantitative estimate of drug-likeness (QED) is 0.696. The first-order valence-electron chi connectivity index (χ1n) is 4.86. The molecular formula is C12H12O3. The summed E-state index contributed by atoms with van der Waals surface area (Å²) in [6, 6.07) is 6.62. The fourth-order valence-corrected chi connectivity index (χ4v) is 1.85. The monoisotopic (exact) mass is 204 g/mol. The van der Waals surface area contributed by atoms with Gasteiger partial charge in [0.15, 0.2) is 11.6 Å². The highest BCUT2D eigenvalue weighted by Gasteiger charge is 2.46. The summed E-state index contributed by atoms with van der Waals surface area (Å²) in [5.41, 5.74) is -0.835. The number of ketones is 2. The summed E-state index contributed by atoms with van der Waals surface area (Å²) in [6.45, 7) is 2.98. The molecule has 1 aliphatic rings. The molecule has 15 heavy (non-hydrogen) atoms. The highest BCUT2D eigenvalue weighted by molar-refractivity contribution is 6.18. The van der Waals surface area contributed by atoms with E-state index in [-0.39, 0.29) is 11.6 Å². The molecule has 0 radical (unpaired) electrons. The minimum atomic E-state index is -1.58. The molecule has 0 heterocycles. The van der Waals surface area contributed by atoms with E-state index in [9.17, 15) is 14.7 Å². The minimum absolute atomic E-state index is 0.171. The number of carbonyl (C=O) groups is 2. The lowest BCUT2D eigenvalue weighted by Gasteiger charge is -2.33. The molecular weight excluding hydrogens is 192 g/mol. The summed E-state index contributed by atoms with van der Waals surface area (Å²) in [5.74, 6) is -1.22. The molecule has 2 rings (SSSR count). The number of hydrogen-bond donors (Lipinski definition) is 1. The molecule has 0 aliphatic heterocycles. The molecule has 1 N–H and O–H groups in total. The van der Waals surface area contributed by atoms with Crippen LogP contribution in [0.1, 0.15) is 34.6 Å². The van der Waals surface area contributed by atoms with Crippen molar-refractivity contribution in [3.8, 4) is 0 Å². The van der Waals surface area contributed by atoms with E-state index in [1.807, 2.05) is 0 Å². The molecule has 3 heteroatoms. The van der Waals surface area contributed by atoms with Gasteiger partial charge >= 0.3 is 0 Å². The first-order valence-corrected chi connectivity index (χ1v) is 4.86. The minimum Gasteiger partial charge on any atom is -0.381 e. The zero-order valence-electron chi connectivity index (χ0n) is 8.65. The van der Waals surface area contributed by atoms with E-state index >= 15 is 0 Å². The van der Waals surface area contributed by atoms with Crippen molar-refractivity contribution in [1.29, 1.82) is 0 Å². The zero-order valence-corrected chi connectivity index (χ0v) is 8.65. The number of hydrogen-bond acceptors (Lipinski definition) is 3. The van der Waals surface area contributed by atoms with Crippen LogP contribution in [0.15, 0.2) is 24.3 Å². The summed E-state index contributed by atoms with van der Waals surface area (Å²) < 4.78 is 0.